The molecule has 25 heavy (non-hydrogen) atoms. The highest BCUT2D eigenvalue weighted by Gasteiger charge is 2.37. The van der Waals surface area contributed by atoms with Crippen LogP contribution in [0.2, 0.25) is 0 Å². The molecule has 0 aliphatic rings. The summed E-state index contributed by atoms with van der Waals surface area (Å²) in [5.74, 6) is 0. The summed E-state index contributed by atoms with van der Waals surface area (Å²) in [4.78, 5) is 4.09. The molecule has 0 aliphatic carbocycles. The normalized spacial score (nSPS) is 13.6. The standard InChI is InChI=1S/C20H18N3OP/c1-20(16-21,17-9-8-14-22-15-17)23-25(24,18-10-4-2-5-11-18)19-12-6-3-7-13-19/h2-15H,1H3,(H,23,24)/t20-/m0/s1. The summed E-state index contributed by atoms with van der Waals surface area (Å²) in [5.41, 5.74) is -0.472. The van der Waals surface area contributed by atoms with Gasteiger partial charge in [0.25, 0.3) is 0 Å². The summed E-state index contributed by atoms with van der Waals surface area (Å²) in [6.45, 7) is 1.72. The monoisotopic (exact) mass is 347 g/mol. The van der Waals surface area contributed by atoms with Gasteiger partial charge in [-0.2, -0.15) is 5.26 Å². The fraction of sp³-hybridized carbons (Fsp3) is 0.100. The zero-order valence-electron chi connectivity index (χ0n) is 13.8. The van der Waals surface area contributed by atoms with Gasteiger partial charge in [-0.25, -0.2) is 5.09 Å². The van der Waals surface area contributed by atoms with E-state index in [0.29, 0.717) is 16.2 Å². The highest BCUT2D eigenvalue weighted by molar-refractivity contribution is 7.77. The SMILES string of the molecule is C[C@@](C#N)(NP(=O)(c1ccccc1)c1ccccc1)c1cccnc1. The van der Waals surface area contributed by atoms with Crippen LogP contribution in [0.5, 0.6) is 0 Å². The Morgan fingerprint density at radius 1 is 0.960 bits per heavy atom. The largest absolute Gasteiger partial charge is 0.296 e. The molecule has 1 N–H and O–H groups in total. The Kier molecular flexibility index (Phi) is 4.81. The second-order valence-electron chi connectivity index (χ2n) is 5.87. The summed E-state index contributed by atoms with van der Waals surface area (Å²) in [6.07, 6.45) is 3.27. The Labute approximate surface area is 147 Å². The van der Waals surface area contributed by atoms with Gasteiger partial charge in [0.15, 0.2) is 0 Å². The maximum absolute atomic E-state index is 14.1. The molecule has 0 aliphatic heterocycles. The molecule has 1 aromatic heterocycles. The molecule has 0 fully saturated rings. The molecule has 1 atom stereocenters. The molecule has 0 bridgehead atoms. The molecule has 3 aromatic rings. The first-order valence-electron chi connectivity index (χ1n) is 7.91. The van der Waals surface area contributed by atoms with Gasteiger partial charge in [0.2, 0.25) is 7.29 Å². The highest BCUT2D eigenvalue weighted by Crippen LogP contribution is 2.43. The molecule has 0 saturated heterocycles. The van der Waals surface area contributed by atoms with E-state index >= 15 is 0 Å². The fourth-order valence-electron chi connectivity index (χ4n) is 2.68. The Bertz CT molecular complexity index is 880. The molecule has 0 spiro atoms. The van der Waals surface area contributed by atoms with E-state index < -0.39 is 12.8 Å². The summed E-state index contributed by atoms with van der Waals surface area (Å²) >= 11 is 0. The van der Waals surface area contributed by atoms with Gasteiger partial charge in [-0.15, -0.1) is 0 Å². The molecule has 124 valence electrons. The van der Waals surface area contributed by atoms with Crippen molar-refractivity contribution in [3.63, 3.8) is 0 Å². The quantitative estimate of drug-likeness (QED) is 0.719. The van der Waals surface area contributed by atoms with Crippen LogP contribution in [-0.2, 0) is 10.1 Å². The number of pyridine rings is 1. The molecular weight excluding hydrogens is 329 g/mol. The van der Waals surface area contributed by atoms with Gasteiger partial charge in [0, 0.05) is 28.6 Å². The molecule has 5 heteroatoms. The van der Waals surface area contributed by atoms with Crippen molar-refractivity contribution in [3.8, 4) is 6.07 Å². The Morgan fingerprint density at radius 3 is 1.96 bits per heavy atom. The van der Waals surface area contributed by atoms with E-state index in [9.17, 15) is 9.83 Å². The molecule has 0 amide bonds. The summed E-state index contributed by atoms with van der Waals surface area (Å²) in [7, 11) is -3.23. The van der Waals surface area contributed by atoms with Crippen LogP contribution in [0.25, 0.3) is 0 Å². The third kappa shape index (κ3) is 3.39. The van der Waals surface area contributed by atoms with Crippen LogP contribution >= 0.6 is 7.29 Å². The van der Waals surface area contributed by atoms with Crippen molar-refractivity contribution in [2.75, 3.05) is 0 Å². The zero-order valence-corrected chi connectivity index (χ0v) is 14.7. The summed E-state index contributed by atoms with van der Waals surface area (Å²) in [6, 6.07) is 24.3. The maximum Gasteiger partial charge on any atom is 0.206 e. The number of nitriles is 1. The fourth-order valence-corrected chi connectivity index (χ4v) is 5.23. The number of hydrogen-bond acceptors (Lipinski definition) is 3. The molecule has 4 nitrogen and oxygen atoms in total. The van der Waals surface area contributed by atoms with Crippen molar-refractivity contribution in [3.05, 3.63) is 90.8 Å². The van der Waals surface area contributed by atoms with E-state index in [1.807, 2.05) is 66.7 Å². The lowest BCUT2D eigenvalue weighted by Gasteiger charge is -2.30. The number of nitrogens with zero attached hydrogens (tertiary/aromatic N) is 2. The first-order valence-corrected chi connectivity index (χ1v) is 9.62. The second kappa shape index (κ2) is 7.03. The van der Waals surface area contributed by atoms with E-state index in [4.69, 9.17) is 0 Å². The van der Waals surface area contributed by atoms with Crippen LogP contribution in [0.3, 0.4) is 0 Å². The van der Waals surface area contributed by atoms with Crippen molar-refractivity contribution >= 4 is 17.9 Å². The lowest BCUT2D eigenvalue weighted by atomic mass is 9.97. The van der Waals surface area contributed by atoms with Gasteiger partial charge >= 0.3 is 0 Å². The third-order valence-electron chi connectivity index (χ3n) is 4.08. The lowest BCUT2D eigenvalue weighted by molar-refractivity contribution is 0.531. The predicted molar refractivity (Wildman–Crippen MR) is 100 cm³/mol. The number of rotatable bonds is 5. The lowest BCUT2D eigenvalue weighted by Crippen LogP contribution is -2.41. The zero-order chi connectivity index (χ0) is 17.8. The smallest absolute Gasteiger partial charge is 0.206 e. The number of benzene rings is 2. The minimum atomic E-state index is -3.23. The molecule has 0 radical (unpaired) electrons. The molecule has 3 rings (SSSR count). The van der Waals surface area contributed by atoms with E-state index in [2.05, 4.69) is 16.1 Å². The van der Waals surface area contributed by atoms with Crippen LogP contribution < -0.4 is 15.7 Å². The first-order chi connectivity index (χ1) is 12.1. The maximum atomic E-state index is 14.1. The van der Waals surface area contributed by atoms with Crippen LogP contribution in [0.15, 0.2) is 85.2 Å². The van der Waals surface area contributed by atoms with Crippen molar-refractivity contribution in [2.45, 2.75) is 12.5 Å². The Balaban J connectivity index is 2.14. The minimum absolute atomic E-state index is 0.659. The number of nitrogens with one attached hydrogen (secondary N) is 1. The minimum Gasteiger partial charge on any atom is -0.296 e. The third-order valence-corrected chi connectivity index (χ3v) is 6.90. The van der Waals surface area contributed by atoms with E-state index in [1.165, 1.54) is 0 Å². The van der Waals surface area contributed by atoms with Gasteiger partial charge in [0.1, 0.15) is 5.54 Å². The summed E-state index contributed by atoms with van der Waals surface area (Å²) < 4.78 is 14.1. The Hall–Kier alpha value is -2.73. The number of hydrogen-bond donors (Lipinski definition) is 1. The van der Waals surface area contributed by atoms with Gasteiger partial charge in [-0.1, -0.05) is 42.5 Å². The Morgan fingerprint density at radius 2 is 1.52 bits per heavy atom. The summed E-state index contributed by atoms with van der Waals surface area (Å²) in [5, 5.41) is 14.3. The highest BCUT2D eigenvalue weighted by atomic mass is 31.2. The number of aromatic nitrogens is 1. The molecule has 2 aromatic carbocycles. The molecule has 0 unspecified atom stereocenters. The van der Waals surface area contributed by atoms with Crippen LogP contribution in [0.1, 0.15) is 12.5 Å². The topological polar surface area (TPSA) is 65.8 Å². The average molecular weight is 347 g/mol. The molecule has 0 saturated carbocycles. The van der Waals surface area contributed by atoms with Gasteiger partial charge in [-0.3, -0.25) is 9.55 Å². The van der Waals surface area contributed by atoms with Crippen LogP contribution in [-0.4, -0.2) is 4.98 Å². The van der Waals surface area contributed by atoms with Crippen LogP contribution in [0, 0.1) is 11.3 Å². The van der Waals surface area contributed by atoms with Crippen molar-refractivity contribution < 1.29 is 4.57 Å². The predicted octanol–water partition coefficient (Wildman–Crippen LogP) is 3.34. The van der Waals surface area contributed by atoms with Crippen LogP contribution in [0.4, 0.5) is 0 Å². The van der Waals surface area contributed by atoms with Crippen molar-refractivity contribution in [1.82, 2.24) is 10.1 Å². The van der Waals surface area contributed by atoms with E-state index in [-0.39, 0.29) is 0 Å². The molecular formula is C20H18N3OP. The van der Waals surface area contributed by atoms with Gasteiger partial charge in [0.05, 0.1) is 6.07 Å². The van der Waals surface area contributed by atoms with Crippen molar-refractivity contribution in [1.29, 1.82) is 5.26 Å². The van der Waals surface area contributed by atoms with E-state index in [0.717, 1.165) is 0 Å². The second-order valence-corrected chi connectivity index (χ2v) is 8.35. The van der Waals surface area contributed by atoms with E-state index in [1.54, 1.807) is 25.4 Å². The molecule has 1 heterocycles. The van der Waals surface area contributed by atoms with Crippen molar-refractivity contribution in [2.24, 2.45) is 0 Å². The average Bonchev–Trinajstić information content (AvgIpc) is 2.70. The first kappa shape index (κ1) is 17.1. The van der Waals surface area contributed by atoms with Gasteiger partial charge in [-0.05, 0) is 37.3 Å². The van der Waals surface area contributed by atoms with Gasteiger partial charge < -0.3 is 0 Å².